The minimum absolute atomic E-state index is 0.634. The largest absolute Gasteiger partial charge is 0.480 e. The van der Waals surface area contributed by atoms with Crippen molar-refractivity contribution >= 4 is 5.97 Å². The van der Waals surface area contributed by atoms with E-state index < -0.39 is 12.0 Å². The molecule has 4 heteroatoms. The molecule has 0 spiro atoms. The van der Waals surface area contributed by atoms with Crippen molar-refractivity contribution in [3.63, 3.8) is 0 Å². The van der Waals surface area contributed by atoms with Crippen LogP contribution in [-0.4, -0.2) is 43.2 Å². The molecule has 2 N–H and O–H groups in total. The van der Waals surface area contributed by atoms with Crippen molar-refractivity contribution < 1.29 is 9.90 Å². The van der Waals surface area contributed by atoms with Crippen molar-refractivity contribution in [3.8, 4) is 0 Å². The van der Waals surface area contributed by atoms with Crippen LogP contribution in [0.2, 0.25) is 0 Å². The predicted octanol–water partition coefficient (Wildman–Crippen LogP) is 1.58. The Morgan fingerprint density at radius 3 is 2.61 bits per heavy atom. The number of likely N-dealkylation sites (N-methyl/N-ethyl adjacent to an activating group) is 1. The summed E-state index contributed by atoms with van der Waals surface area (Å²) in [5.41, 5.74) is 2.93. The molecule has 18 heavy (non-hydrogen) atoms. The summed E-state index contributed by atoms with van der Waals surface area (Å²) < 4.78 is 0. The minimum Gasteiger partial charge on any atom is -0.480 e. The lowest BCUT2D eigenvalue weighted by molar-refractivity contribution is -0.139. The number of carboxylic acid groups (broad SMARTS) is 1. The van der Waals surface area contributed by atoms with Gasteiger partial charge in [0.15, 0.2) is 0 Å². The van der Waals surface area contributed by atoms with Gasteiger partial charge in [0, 0.05) is 13.1 Å². The van der Waals surface area contributed by atoms with Gasteiger partial charge in [0.25, 0.3) is 0 Å². The fourth-order valence-electron chi connectivity index (χ4n) is 1.83. The molecule has 0 aliphatic carbocycles. The highest BCUT2D eigenvalue weighted by Gasteiger charge is 2.20. The quantitative estimate of drug-likeness (QED) is 0.805. The van der Waals surface area contributed by atoms with E-state index in [1.54, 1.807) is 0 Å². The van der Waals surface area contributed by atoms with Crippen molar-refractivity contribution in [2.45, 2.75) is 19.9 Å². The second kappa shape index (κ2) is 6.52. The molecule has 0 amide bonds. The summed E-state index contributed by atoms with van der Waals surface area (Å²) >= 11 is 0. The zero-order chi connectivity index (χ0) is 13.7. The molecule has 0 heterocycles. The van der Waals surface area contributed by atoms with Gasteiger partial charge in [0.1, 0.15) is 6.04 Å². The normalized spacial score (nSPS) is 12.7. The lowest BCUT2D eigenvalue weighted by Gasteiger charge is -2.19. The van der Waals surface area contributed by atoms with E-state index in [2.05, 4.69) is 5.32 Å². The van der Waals surface area contributed by atoms with Crippen LogP contribution in [0.5, 0.6) is 0 Å². The Kier molecular flexibility index (Phi) is 5.31. The number of aliphatic carboxylic acids is 1. The molecule has 0 radical (unpaired) electrons. The van der Waals surface area contributed by atoms with Gasteiger partial charge in [-0.25, -0.2) is 0 Å². The summed E-state index contributed by atoms with van der Waals surface area (Å²) in [6.45, 7) is 5.38. The Morgan fingerprint density at radius 1 is 1.39 bits per heavy atom. The van der Waals surface area contributed by atoms with E-state index in [4.69, 9.17) is 0 Å². The third kappa shape index (κ3) is 4.13. The Hall–Kier alpha value is -1.39. The zero-order valence-corrected chi connectivity index (χ0v) is 11.5. The molecule has 0 saturated carbocycles. The summed E-state index contributed by atoms with van der Waals surface area (Å²) in [4.78, 5) is 13.4. The average molecular weight is 250 g/mol. The van der Waals surface area contributed by atoms with E-state index in [-0.39, 0.29) is 0 Å². The van der Waals surface area contributed by atoms with Crippen LogP contribution in [0.15, 0.2) is 18.2 Å². The number of hydrogen-bond donors (Lipinski definition) is 2. The molecule has 0 aromatic heterocycles. The number of hydrogen-bond acceptors (Lipinski definition) is 3. The predicted molar refractivity (Wildman–Crippen MR) is 72.8 cm³/mol. The molecule has 1 unspecified atom stereocenters. The molecule has 1 aromatic rings. The van der Waals surface area contributed by atoms with Crippen molar-refractivity contribution in [2.75, 3.05) is 27.2 Å². The maximum absolute atomic E-state index is 11.4. The molecule has 0 fully saturated rings. The smallest absolute Gasteiger partial charge is 0.325 e. The van der Waals surface area contributed by atoms with Gasteiger partial charge in [-0.3, -0.25) is 10.1 Å². The average Bonchev–Trinajstić information content (AvgIpc) is 2.27. The number of carboxylic acids is 1. The standard InChI is InChI=1S/C14H22N2O2/c1-10-5-6-11(2)12(9-10)13(14(17)18)15-7-8-16(3)4/h5-6,9,13,15H,7-8H2,1-4H3,(H,17,18). The first-order chi connectivity index (χ1) is 8.41. The lowest BCUT2D eigenvalue weighted by Crippen LogP contribution is -2.34. The van der Waals surface area contributed by atoms with Gasteiger partial charge in [0.2, 0.25) is 0 Å². The molecule has 1 aromatic carbocycles. The topological polar surface area (TPSA) is 52.6 Å². The number of nitrogens with one attached hydrogen (secondary N) is 1. The molecule has 1 atom stereocenters. The molecule has 0 aliphatic rings. The number of nitrogens with zero attached hydrogens (tertiary/aromatic N) is 1. The summed E-state index contributed by atoms with van der Waals surface area (Å²) in [6, 6.07) is 5.27. The third-order valence-corrected chi connectivity index (χ3v) is 2.90. The van der Waals surface area contributed by atoms with Gasteiger partial charge in [-0.05, 0) is 39.1 Å². The number of rotatable bonds is 6. The van der Waals surface area contributed by atoms with Crippen LogP contribution < -0.4 is 5.32 Å². The van der Waals surface area contributed by atoms with Crippen LogP contribution in [0, 0.1) is 13.8 Å². The summed E-state index contributed by atoms with van der Waals surface area (Å²) in [6.07, 6.45) is 0. The monoisotopic (exact) mass is 250 g/mol. The highest BCUT2D eigenvalue weighted by atomic mass is 16.4. The van der Waals surface area contributed by atoms with Crippen molar-refractivity contribution in [1.29, 1.82) is 0 Å². The Labute approximate surface area is 109 Å². The van der Waals surface area contributed by atoms with E-state index in [0.29, 0.717) is 6.54 Å². The second-order valence-corrected chi connectivity index (χ2v) is 4.89. The minimum atomic E-state index is -0.831. The Morgan fingerprint density at radius 2 is 2.06 bits per heavy atom. The van der Waals surface area contributed by atoms with Crippen LogP contribution in [0.3, 0.4) is 0 Å². The Balaban J connectivity index is 2.84. The van der Waals surface area contributed by atoms with Crippen LogP contribution in [0.4, 0.5) is 0 Å². The fourth-order valence-corrected chi connectivity index (χ4v) is 1.83. The molecular weight excluding hydrogens is 228 g/mol. The van der Waals surface area contributed by atoms with Crippen LogP contribution in [0.25, 0.3) is 0 Å². The van der Waals surface area contributed by atoms with Gasteiger partial charge in [-0.15, -0.1) is 0 Å². The molecule has 0 bridgehead atoms. The molecule has 0 saturated heterocycles. The summed E-state index contributed by atoms with van der Waals surface area (Å²) in [7, 11) is 3.94. The van der Waals surface area contributed by atoms with Gasteiger partial charge >= 0.3 is 5.97 Å². The molecule has 4 nitrogen and oxygen atoms in total. The van der Waals surface area contributed by atoms with E-state index >= 15 is 0 Å². The van der Waals surface area contributed by atoms with Crippen molar-refractivity contribution in [3.05, 3.63) is 34.9 Å². The van der Waals surface area contributed by atoms with Crippen LogP contribution in [-0.2, 0) is 4.79 Å². The molecule has 1 rings (SSSR count). The molecular formula is C14H22N2O2. The maximum Gasteiger partial charge on any atom is 0.325 e. The summed E-state index contributed by atoms with van der Waals surface area (Å²) in [5, 5.41) is 12.4. The van der Waals surface area contributed by atoms with Gasteiger partial charge in [-0.2, -0.15) is 0 Å². The van der Waals surface area contributed by atoms with E-state index in [1.807, 2.05) is 51.0 Å². The first kappa shape index (κ1) is 14.7. The molecule has 0 aliphatic heterocycles. The van der Waals surface area contributed by atoms with Crippen molar-refractivity contribution in [1.82, 2.24) is 10.2 Å². The van der Waals surface area contributed by atoms with Gasteiger partial charge in [-0.1, -0.05) is 23.8 Å². The number of aryl methyl sites for hydroxylation is 2. The highest BCUT2D eigenvalue weighted by Crippen LogP contribution is 2.19. The third-order valence-electron chi connectivity index (χ3n) is 2.90. The highest BCUT2D eigenvalue weighted by molar-refractivity contribution is 5.76. The van der Waals surface area contributed by atoms with E-state index in [0.717, 1.165) is 23.2 Å². The lowest BCUT2D eigenvalue weighted by atomic mass is 9.99. The Bertz CT molecular complexity index is 416. The number of carbonyl (C=O) groups is 1. The van der Waals surface area contributed by atoms with Crippen LogP contribution >= 0.6 is 0 Å². The maximum atomic E-state index is 11.4. The van der Waals surface area contributed by atoms with Gasteiger partial charge < -0.3 is 10.0 Å². The first-order valence-electron chi connectivity index (χ1n) is 6.10. The van der Waals surface area contributed by atoms with E-state index in [9.17, 15) is 9.90 Å². The SMILES string of the molecule is Cc1ccc(C)c(C(NCCN(C)C)C(=O)O)c1. The van der Waals surface area contributed by atoms with Crippen LogP contribution in [0.1, 0.15) is 22.7 Å². The number of benzene rings is 1. The van der Waals surface area contributed by atoms with E-state index in [1.165, 1.54) is 0 Å². The summed E-state index contributed by atoms with van der Waals surface area (Å²) in [5.74, 6) is -0.831. The molecule has 100 valence electrons. The fraction of sp³-hybridized carbons (Fsp3) is 0.500. The second-order valence-electron chi connectivity index (χ2n) is 4.89. The van der Waals surface area contributed by atoms with Gasteiger partial charge in [0.05, 0.1) is 0 Å². The zero-order valence-electron chi connectivity index (χ0n) is 11.5. The first-order valence-corrected chi connectivity index (χ1v) is 6.10. The van der Waals surface area contributed by atoms with Crippen molar-refractivity contribution in [2.24, 2.45) is 0 Å².